The molecule has 0 amide bonds. The first kappa shape index (κ1) is 29.4. The molecule has 0 spiro atoms. The fourth-order valence-corrected chi connectivity index (χ4v) is 0. The van der Waals surface area contributed by atoms with Crippen LogP contribution in [0.2, 0.25) is 0 Å². The number of nitriles is 3. The van der Waals surface area contributed by atoms with Gasteiger partial charge in [-0.1, -0.05) is 16.2 Å². The Hall–Kier alpha value is 1.51. The quantitative estimate of drug-likeness (QED) is 0.301. The van der Waals surface area contributed by atoms with Crippen LogP contribution in [0.25, 0.3) is 0 Å². The first-order valence-corrected chi connectivity index (χ1v) is 2.51. The molecule has 0 saturated heterocycles. The van der Waals surface area contributed by atoms with Gasteiger partial charge in [0, 0.05) is 0 Å². The van der Waals surface area contributed by atoms with Crippen molar-refractivity contribution in [3.63, 3.8) is 0 Å². The van der Waals surface area contributed by atoms with Crippen LogP contribution >= 0.6 is 0 Å². The maximum atomic E-state index is 7.13. The summed E-state index contributed by atoms with van der Waals surface area (Å²) in [5, 5.41) is 25.4. The first-order valence-electron chi connectivity index (χ1n) is 1.28. The Morgan fingerprint density at radius 1 is 0.727 bits per heavy atom. The van der Waals surface area contributed by atoms with Crippen LogP contribution in [0.1, 0.15) is 0 Å². The third kappa shape index (κ3) is 458. The normalized spacial score (nSPS) is 1.91. The molecule has 0 aromatic carbocycles. The predicted molar refractivity (Wildman–Crippen MR) is 46.1 cm³/mol. The average Bonchev–Trinajstić information content (AvgIpc) is 1.70. The van der Waals surface area contributed by atoms with Gasteiger partial charge in [0.2, 0.25) is 0 Å². The van der Waals surface area contributed by atoms with Gasteiger partial charge in [0.15, 0.2) is 0 Å². The van der Waals surface area contributed by atoms with Crippen molar-refractivity contribution >= 4 is 89.3 Å². The van der Waals surface area contributed by atoms with E-state index in [9.17, 15) is 0 Å². The van der Waals surface area contributed by atoms with Crippen LogP contribution in [0.15, 0.2) is 0 Å². The molecule has 0 atom stereocenters. The molecule has 0 aromatic heterocycles. The summed E-state index contributed by atoms with van der Waals surface area (Å²) in [4.78, 5) is 0. The van der Waals surface area contributed by atoms with E-state index in [1.165, 1.54) is 16.2 Å². The summed E-state index contributed by atoms with van der Waals surface area (Å²) in [6.07, 6.45) is 0. The number of thiocyanates is 3. The number of hydrogen-bond donors (Lipinski definition) is 0. The molecule has 11 heavy (non-hydrogen) atoms. The molecular weight excluding hydrogens is 410 g/mol. The minimum atomic E-state index is 0. The van der Waals surface area contributed by atoms with E-state index in [-0.39, 0.29) is 73.8 Å². The van der Waals surface area contributed by atoms with Gasteiger partial charge in [-0.2, -0.15) is 0 Å². The Bertz CT molecular complexity index is 117. The number of rotatable bonds is 0. The average molecular weight is 411 g/mol. The van der Waals surface area contributed by atoms with Gasteiger partial charge in [0.1, 0.15) is 0 Å². The Labute approximate surface area is 141 Å². The van der Waals surface area contributed by atoms with Crippen LogP contribution in [-0.4, -0.2) is 51.4 Å². The summed E-state index contributed by atoms with van der Waals surface area (Å²) in [6.45, 7) is 0. The van der Waals surface area contributed by atoms with Crippen LogP contribution in [0.5, 0.6) is 0 Å². The van der Waals surface area contributed by atoms with Crippen molar-refractivity contribution in [2.45, 2.75) is 0 Å². The van der Waals surface area contributed by atoms with E-state index in [2.05, 4.69) is 37.9 Å². The molecule has 0 saturated carbocycles. The second-order valence-electron chi connectivity index (χ2n) is 0.274. The molecule has 0 aliphatic carbocycles. The fraction of sp³-hybridized carbons (Fsp3) is 0. The standard InChI is InChI=1S/3CHNS.Au.K.H/c3*2-1-3;;;/h3*3H;;;/q;;;+3;;/p-3. The molecule has 0 heterocycles. The van der Waals surface area contributed by atoms with Crippen LogP contribution in [-0.2, 0) is 60.3 Å². The second-order valence-corrected chi connectivity index (χ2v) is 0.822. The molecule has 0 aromatic rings. The van der Waals surface area contributed by atoms with E-state index in [0.29, 0.717) is 0 Å². The topological polar surface area (TPSA) is 71.4 Å². The van der Waals surface area contributed by atoms with Crippen molar-refractivity contribution in [3.05, 3.63) is 0 Å². The molecular formula is C3HAuKN3S3. The van der Waals surface area contributed by atoms with Gasteiger partial charge < -0.3 is 37.9 Å². The van der Waals surface area contributed by atoms with Crippen molar-refractivity contribution in [2.75, 3.05) is 0 Å². The van der Waals surface area contributed by atoms with Crippen molar-refractivity contribution in [3.8, 4) is 16.2 Å². The molecule has 3 nitrogen and oxygen atoms in total. The maximum absolute atomic E-state index is 7.13. The summed E-state index contributed by atoms with van der Waals surface area (Å²) in [5.74, 6) is 0. The van der Waals surface area contributed by atoms with Crippen molar-refractivity contribution in [1.82, 2.24) is 0 Å². The molecule has 0 bridgehead atoms. The van der Waals surface area contributed by atoms with Crippen molar-refractivity contribution in [1.29, 1.82) is 15.8 Å². The van der Waals surface area contributed by atoms with E-state index in [4.69, 9.17) is 15.8 Å². The molecule has 0 N–H and O–H groups in total. The Morgan fingerprint density at radius 2 is 0.727 bits per heavy atom. The van der Waals surface area contributed by atoms with Crippen LogP contribution in [0.3, 0.4) is 0 Å². The van der Waals surface area contributed by atoms with Crippen LogP contribution in [0.4, 0.5) is 0 Å². The van der Waals surface area contributed by atoms with Crippen LogP contribution in [0, 0.1) is 32.0 Å². The molecule has 8 heteroatoms. The van der Waals surface area contributed by atoms with E-state index >= 15 is 0 Å². The number of nitrogens with zero attached hydrogens (tertiary/aromatic N) is 3. The summed E-state index contributed by atoms with van der Waals surface area (Å²) in [7, 11) is 0. The summed E-state index contributed by atoms with van der Waals surface area (Å²) in [5.41, 5.74) is 0. The summed E-state index contributed by atoms with van der Waals surface area (Å²) < 4.78 is 0. The van der Waals surface area contributed by atoms with E-state index < -0.39 is 0 Å². The number of hydrogen-bond acceptors (Lipinski definition) is 6. The first-order chi connectivity index (χ1) is 4.24. The molecule has 0 fully saturated rings. The predicted octanol–water partition coefficient (Wildman–Crippen LogP) is -0.608. The molecule has 0 aliphatic heterocycles. The van der Waals surface area contributed by atoms with E-state index in [1.807, 2.05) is 0 Å². The van der Waals surface area contributed by atoms with Gasteiger partial charge in [0.05, 0.1) is 0 Å². The molecule has 0 aliphatic rings. The van der Waals surface area contributed by atoms with Gasteiger partial charge >= 0.3 is 73.8 Å². The zero-order valence-corrected chi connectivity index (χ0v) is 8.98. The third-order valence-corrected chi connectivity index (χ3v) is 0. The van der Waals surface area contributed by atoms with Gasteiger partial charge in [-0.25, -0.2) is 15.8 Å². The molecule has 0 radical (unpaired) electrons. The van der Waals surface area contributed by atoms with Gasteiger partial charge in [-0.05, 0) is 0 Å². The molecule has 58 valence electrons. The Balaban J connectivity index is -0.0000000150. The fourth-order valence-electron chi connectivity index (χ4n) is 0. The van der Waals surface area contributed by atoms with E-state index in [1.54, 1.807) is 0 Å². The summed E-state index contributed by atoms with van der Waals surface area (Å²) in [6, 6.07) is 0. The SMILES string of the molecule is N#C[S-].N#C[S-].N#C[S-].[Au+3].[KH]. The minimum absolute atomic E-state index is 0. The van der Waals surface area contributed by atoms with Crippen molar-refractivity contribution in [2.24, 2.45) is 0 Å². The monoisotopic (exact) mass is 411 g/mol. The van der Waals surface area contributed by atoms with Crippen molar-refractivity contribution < 1.29 is 22.4 Å². The molecule has 0 unspecified atom stereocenters. The van der Waals surface area contributed by atoms with Gasteiger partial charge in [-0.3, -0.25) is 0 Å². The van der Waals surface area contributed by atoms with Gasteiger partial charge in [0.25, 0.3) is 0 Å². The Morgan fingerprint density at radius 3 is 0.727 bits per heavy atom. The zero-order valence-electron chi connectivity index (χ0n) is 4.37. The summed E-state index contributed by atoms with van der Waals surface area (Å²) >= 11 is 11.1. The zero-order chi connectivity index (χ0) is 8.12. The Kier molecular flexibility index (Phi) is 167. The molecule has 0 rings (SSSR count). The van der Waals surface area contributed by atoms with Gasteiger partial charge in [-0.15, -0.1) is 0 Å². The van der Waals surface area contributed by atoms with E-state index in [0.717, 1.165) is 0 Å². The second kappa shape index (κ2) is 62.5. The van der Waals surface area contributed by atoms with Crippen LogP contribution < -0.4 is 0 Å². The third-order valence-electron chi connectivity index (χ3n) is 0.